The van der Waals surface area contributed by atoms with E-state index in [1.54, 1.807) is 25.6 Å². The van der Waals surface area contributed by atoms with Crippen molar-refractivity contribution < 1.29 is 14.7 Å². The Morgan fingerprint density at radius 3 is 2.50 bits per heavy atom. The lowest BCUT2D eigenvalue weighted by molar-refractivity contribution is -0.131. The van der Waals surface area contributed by atoms with Gasteiger partial charge in [0, 0.05) is 12.5 Å². The van der Waals surface area contributed by atoms with E-state index in [1.165, 1.54) is 0 Å². The molecule has 0 fully saturated rings. The van der Waals surface area contributed by atoms with Crippen molar-refractivity contribution in [2.45, 2.75) is 45.0 Å². The van der Waals surface area contributed by atoms with Crippen LogP contribution in [0.2, 0.25) is 0 Å². The summed E-state index contributed by atoms with van der Waals surface area (Å²) >= 11 is 1.60. The molecule has 0 aliphatic heterocycles. The lowest BCUT2D eigenvalue weighted by atomic mass is 10.1. The Bertz CT molecular complexity index is 276. The average molecular weight is 277 g/mol. The number of rotatable bonds is 8. The highest BCUT2D eigenvalue weighted by molar-refractivity contribution is 7.98. The van der Waals surface area contributed by atoms with Crippen molar-refractivity contribution in [1.82, 2.24) is 10.6 Å². The van der Waals surface area contributed by atoms with Crippen molar-refractivity contribution in [3.8, 4) is 0 Å². The van der Waals surface area contributed by atoms with Crippen LogP contribution in [0, 0.1) is 0 Å². The monoisotopic (exact) mass is 277 g/mol. The average Bonchev–Trinajstić information content (AvgIpc) is 2.34. The standard InChI is InChI=1S/C11H23N3O3S/c1-4-9(15)13-7(2)14-11(17)10(16)8(12)5-6-18-3/h7-8,10,16H,4-6,12H2,1-3H3,(H,13,15)(H,14,17)/t7-,8+,10?/m0/s1. The van der Waals surface area contributed by atoms with E-state index in [-0.39, 0.29) is 5.91 Å². The molecule has 0 aliphatic rings. The molecule has 0 aliphatic carbocycles. The second-order valence-corrected chi connectivity index (χ2v) is 5.03. The van der Waals surface area contributed by atoms with E-state index in [2.05, 4.69) is 10.6 Å². The number of thioether (sulfide) groups is 1. The molecule has 0 aromatic heterocycles. The molecule has 7 heteroatoms. The van der Waals surface area contributed by atoms with E-state index < -0.39 is 24.2 Å². The molecule has 2 amide bonds. The summed E-state index contributed by atoms with van der Waals surface area (Å²) in [7, 11) is 0. The number of carbonyl (C=O) groups excluding carboxylic acids is 2. The first-order chi connectivity index (χ1) is 8.42. The van der Waals surface area contributed by atoms with E-state index in [4.69, 9.17) is 5.73 Å². The first-order valence-corrected chi connectivity index (χ1v) is 7.34. The summed E-state index contributed by atoms with van der Waals surface area (Å²) in [6, 6.07) is -0.591. The number of carbonyl (C=O) groups is 2. The number of nitrogens with two attached hydrogens (primary N) is 1. The number of hydrogen-bond donors (Lipinski definition) is 4. The molecule has 106 valence electrons. The third kappa shape index (κ3) is 6.83. The minimum atomic E-state index is -1.25. The third-order valence-corrected chi connectivity index (χ3v) is 3.03. The summed E-state index contributed by atoms with van der Waals surface area (Å²) in [4.78, 5) is 22.7. The topological polar surface area (TPSA) is 104 Å². The first kappa shape index (κ1) is 17.2. The van der Waals surface area contributed by atoms with Gasteiger partial charge < -0.3 is 21.5 Å². The lowest BCUT2D eigenvalue weighted by Gasteiger charge is -2.21. The van der Waals surface area contributed by atoms with Crippen LogP contribution in [0.15, 0.2) is 0 Å². The summed E-state index contributed by atoms with van der Waals surface area (Å²) in [6.07, 6.45) is 1.06. The van der Waals surface area contributed by atoms with Gasteiger partial charge in [0.05, 0.1) is 6.17 Å². The number of hydrogen-bond acceptors (Lipinski definition) is 5. The van der Waals surface area contributed by atoms with E-state index >= 15 is 0 Å². The number of amides is 2. The molecular formula is C11H23N3O3S. The zero-order valence-corrected chi connectivity index (χ0v) is 11.9. The van der Waals surface area contributed by atoms with Gasteiger partial charge in [-0.3, -0.25) is 9.59 Å². The van der Waals surface area contributed by atoms with E-state index in [1.807, 2.05) is 6.26 Å². The van der Waals surface area contributed by atoms with Gasteiger partial charge in [-0.1, -0.05) is 6.92 Å². The number of aliphatic hydroxyl groups is 1. The maximum Gasteiger partial charge on any atom is 0.252 e. The molecule has 3 atom stereocenters. The van der Waals surface area contributed by atoms with Crippen LogP contribution in [0.5, 0.6) is 0 Å². The number of aliphatic hydroxyl groups excluding tert-OH is 1. The van der Waals surface area contributed by atoms with Gasteiger partial charge in [-0.15, -0.1) is 0 Å². The predicted octanol–water partition coefficient (Wildman–Crippen LogP) is -0.584. The highest BCUT2D eigenvalue weighted by Crippen LogP contribution is 2.02. The maximum absolute atomic E-state index is 11.6. The summed E-state index contributed by atoms with van der Waals surface area (Å²) in [5, 5.41) is 14.8. The van der Waals surface area contributed by atoms with Crippen LogP contribution in [0.4, 0.5) is 0 Å². The Hall–Kier alpha value is -0.790. The minimum absolute atomic E-state index is 0.163. The quantitative estimate of drug-likeness (QED) is 0.444. The molecule has 0 aromatic rings. The normalized spacial score (nSPS) is 15.6. The molecule has 0 radical (unpaired) electrons. The van der Waals surface area contributed by atoms with Crippen LogP contribution in [-0.4, -0.2) is 47.2 Å². The van der Waals surface area contributed by atoms with Crippen LogP contribution in [0.1, 0.15) is 26.7 Å². The second-order valence-electron chi connectivity index (χ2n) is 4.04. The van der Waals surface area contributed by atoms with Crippen molar-refractivity contribution in [3.05, 3.63) is 0 Å². The summed E-state index contributed by atoms with van der Waals surface area (Å²) in [5.41, 5.74) is 5.70. The van der Waals surface area contributed by atoms with Crippen LogP contribution >= 0.6 is 11.8 Å². The zero-order valence-electron chi connectivity index (χ0n) is 11.1. The van der Waals surface area contributed by atoms with Crippen LogP contribution in [0.3, 0.4) is 0 Å². The SMILES string of the molecule is CCC(=O)N[C@H](C)NC(=O)C(O)[C@H](N)CCSC. The Kier molecular flexibility index (Phi) is 8.78. The Balaban J connectivity index is 4.10. The van der Waals surface area contributed by atoms with Gasteiger partial charge in [0.25, 0.3) is 5.91 Å². The fourth-order valence-corrected chi connectivity index (χ4v) is 1.79. The van der Waals surface area contributed by atoms with Crippen LogP contribution < -0.4 is 16.4 Å². The number of nitrogens with one attached hydrogen (secondary N) is 2. The Morgan fingerprint density at radius 1 is 1.39 bits per heavy atom. The molecule has 0 saturated heterocycles. The third-order valence-electron chi connectivity index (χ3n) is 2.39. The largest absolute Gasteiger partial charge is 0.382 e. The van der Waals surface area contributed by atoms with Crippen molar-refractivity contribution in [3.63, 3.8) is 0 Å². The van der Waals surface area contributed by atoms with Crippen molar-refractivity contribution in [1.29, 1.82) is 0 Å². The molecular weight excluding hydrogens is 254 g/mol. The fourth-order valence-electron chi connectivity index (χ4n) is 1.28. The van der Waals surface area contributed by atoms with Gasteiger partial charge in [0.15, 0.2) is 0 Å². The second kappa shape index (κ2) is 9.18. The lowest BCUT2D eigenvalue weighted by Crippen LogP contribution is -2.53. The minimum Gasteiger partial charge on any atom is -0.382 e. The molecule has 0 rings (SSSR count). The Labute approximate surface area is 112 Å². The van der Waals surface area contributed by atoms with Gasteiger partial charge >= 0.3 is 0 Å². The molecule has 0 aromatic carbocycles. The van der Waals surface area contributed by atoms with Crippen LogP contribution in [-0.2, 0) is 9.59 Å². The summed E-state index contributed by atoms with van der Waals surface area (Å²) in [6.45, 7) is 3.35. The van der Waals surface area contributed by atoms with Crippen LogP contribution in [0.25, 0.3) is 0 Å². The van der Waals surface area contributed by atoms with E-state index in [0.29, 0.717) is 12.8 Å². The van der Waals surface area contributed by atoms with Gasteiger partial charge in [-0.25, -0.2) is 0 Å². The van der Waals surface area contributed by atoms with E-state index in [0.717, 1.165) is 5.75 Å². The van der Waals surface area contributed by atoms with Crippen molar-refractivity contribution in [2.75, 3.05) is 12.0 Å². The zero-order chi connectivity index (χ0) is 14.1. The first-order valence-electron chi connectivity index (χ1n) is 5.94. The molecule has 0 heterocycles. The van der Waals surface area contributed by atoms with Gasteiger partial charge in [0.1, 0.15) is 6.10 Å². The fraction of sp³-hybridized carbons (Fsp3) is 0.818. The van der Waals surface area contributed by atoms with Crippen molar-refractivity contribution in [2.24, 2.45) is 5.73 Å². The highest BCUT2D eigenvalue weighted by Gasteiger charge is 2.23. The smallest absolute Gasteiger partial charge is 0.252 e. The van der Waals surface area contributed by atoms with Gasteiger partial charge in [0.2, 0.25) is 5.91 Å². The highest BCUT2D eigenvalue weighted by atomic mass is 32.2. The molecule has 1 unspecified atom stereocenters. The predicted molar refractivity (Wildman–Crippen MR) is 73.0 cm³/mol. The van der Waals surface area contributed by atoms with Gasteiger partial charge in [-0.2, -0.15) is 11.8 Å². The van der Waals surface area contributed by atoms with E-state index in [9.17, 15) is 14.7 Å². The Morgan fingerprint density at radius 2 is 2.00 bits per heavy atom. The van der Waals surface area contributed by atoms with Crippen molar-refractivity contribution >= 4 is 23.6 Å². The molecule has 18 heavy (non-hydrogen) atoms. The molecule has 0 bridgehead atoms. The molecule has 0 saturated carbocycles. The molecule has 0 spiro atoms. The molecule has 5 N–H and O–H groups in total. The molecule has 6 nitrogen and oxygen atoms in total. The van der Waals surface area contributed by atoms with Gasteiger partial charge in [-0.05, 0) is 25.4 Å². The maximum atomic E-state index is 11.6. The summed E-state index contributed by atoms with van der Waals surface area (Å²) < 4.78 is 0. The summed E-state index contributed by atoms with van der Waals surface area (Å²) in [5.74, 6) is 0.0599.